The highest BCUT2D eigenvalue weighted by molar-refractivity contribution is 5.82. The van der Waals surface area contributed by atoms with Crippen LogP contribution in [0.1, 0.15) is 46.2 Å². The predicted molar refractivity (Wildman–Crippen MR) is 181 cm³/mol. The van der Waals surface area contributed by atoms with E-state index in [-0.39, 0.29) is 17.4 Å². The number of carbonyl (C=O) groups is 4. The van der Waals surface area contributed by atoms with E-state index < -0.39 is 37.8 Å². The molecule has 0 heterocycles. The molecular weight excluding hydrogens is 640 g/mol. The fraction of sp³-hybridized carbons (Fsp3) is 0.100. The number of benzene rings is 4. The monoisotopic (exact) mass is 668 g/mol. The SMILES string of the molecule is C=CC(=O)OCOC(=O)Oc1ccc(C#Cc2ccc3c(c2)C(C)c2cc(C#Cc4ccc(OC(=O)OCOC(=O)C=C)cc4)ccc2-3)cc1. The van der Waals surface area contributed by atoms with E-state index in [2.05, 4.69) is 87.0 Å². The Balaban J connectivity index is 1.18. The molecule has 50 heavy (non-hydrogen) atoms. The second-order valence-electron chi connectivity index (χ2n) is 10.4. The van der Waals surface area contributed by atoms with Crippen molar-refractivity contribution in [2.75, 3.05) is 13.6 Å². The fourth-order valence-electron chi connectivity index (χ4n) is 4.80. The number of ether oxygens (including phenoxy) is 6. The topological polar surface area (TPSA) is 124 Å². The summed E-state index contributed by atoms with van der Waals surface area (Å²) in [4.78, 5) is 45.5. The quantitative estimate of drug-likeness (QED) is 0.0636. The number of hydrogen-bond donors (Lipinski definition) is 0. The van der Waals surface area contributed by atoms with Crippen molar-refractivity contribution in [1.82, 2.24) is 0 Å². The minimum atomic E-state index is -1.01. The molecule has 248 valence electrons. The van der Waals surface area contributed by atoms with Gasteiger partial charge in [0.2, 0.25) is 13.6 Å². The van der Waals surface area contributed by atoms with Crippen LogP contribution in [0, 0.1) is 23.7 Å². The van der Waals surface area contributed by atoms with Crippen molar-refractivity contribution in [3.63, 3.8) is 0 Å². The van der Waals surface area contributed by atoms with Gasteiger partial charge in [0, 0.05) is 40.3 Å². The molecule has 0 aliphatic heterocycles. The maximum Gasteiger partial charge on any atom is 0.516 e. The molecule has 0 bridgehead atoms. The molecule has 10 nitrogen and oxygen atoms in total. The Morgan fingerprint density at radius 1 is 0.560 bits per heavy atom. The van der Waals surface area contributed by atoms with Crippen LogP contribution in [0.4, 0.5) is 9.59 Å². The van der Waals surface area contributed by atoms with E-state index in [0.29, 0.717) is 0 Å². The van der Waals surface area contributed by atoms with Crippen molar-refractivity contribution >= 4 is 24.2 Å². The molecule has 10 heteroatoms. The second kappa shape index (κ2) is 16.2. The normalized spacial score (nSPS) is 10.7. The number of esters is 2. The maximum atomic E-state index is 11.7. The van der Waals surface area contributed by atoms with Gasteiger partial charge < -0.3 is 28.4 Å². The van der Waals surface area contributed by atoms with Crippen LogP contribution < -0.4 is 9.47 Å². The van der Waals surface area contributed by atoms with Crippen molar-refractivity contribution < 1.29 is 47.6 Å². The van der Waals surface area contributed by atoms with Gasteiger partial charge in [-0.3, -0.25) is 0 Å². The first-order chi connectivity index (χ1) is 24.2. The van der Waals surface area contributed by atoms with Crippen molar-refractivity contribution in [2.24, 2.45) is 0 Å². The second-order valence-corrected chi connectivity index (χ2v) is 10.4. The zero-order valence-electron chi connectivity index (χ0n) is 26.7. The molecule has 0 amide bonds. The van der Waals surface area contributed by atoms with E-state index in [9.17, 15) is 19.2 Å². The lowest BCUT2D eigenvalue weighted by Gasteiger charge is -2.07. The van der Waals surface area contributed by atoms with Crippen LogP contribution in [0.2, 0.25) is 0 Å². The van der Waals surface area contributed by atoms with Crippen molar-refractivity contribution in [2.45, 2.75) is 12.8 Å². The maximum absolute atomic E-state index is 11.7. The molecule has 0 radical (unpaired) electrons. The lowest BCUT2D eigenvalue weighted by molar-refractivity contribution is -0.147. The summed E-state index contributed by atoms with van der Waals surface area (Å²) in [7, 11) is 0. The summed E-state index contributed by atoms with van der Waals surface area (Å²) in [5, 5.41) is 0. The molecule has 0 fully saturated rings. The van der Waals surface area contributed by atoms with Gasteiger partial charge in [0.1, 0.15) is 11.5 Å². The predicted octanol–water partition coefficient (Wildman–Crippen LogP) is 7.02. The Labute approximate surface area is 287 Å². The molecule has 4 aromatic rings. The first kappa shape index (κ1) is 34.3. The summed E-state index contributed by atoms with van der Waals surface area (Å²) in [6.07, 6.45) is -0.120. The van der Waals surface area contributed by atoms with Gasteiger partial charge in [-0.05, 0) is 95.1 Å². The molecule has 1 aliphatic rings. The minimum absolute atomic E-state index is 0.136. The zero-order valence-corrected chi connectivity index (χ0v) is 26.7. The summed E-state index contributed by atoms with van der Waals surface area (Å²) in [5.41, 5.74) is 7.81. The molecule has 0 saturated heterocycles. The largest absolute Gasteiger partial charge is 0.516 e. The highest BCUT2D eigenvalue weighted by Crippen LogP contribution is 2.45. The zero-order chi connectivity index (χ0) is 35.5. The molecular formula is C40H28O10. The van der Waals surface area contributed by atoms with Gasteiger partial charge in [0.25, 0.3) is 0 Å². The van der Waals surface area contributed by atoms with Crippen molar-refractivity contribution in [1.29, 1.82) is 0 Å². The molecule has 0 N–H and O–H groups in total. The Hall–Kier alpha value is -7.04. The highest BCUT2D eigenvalue weighted by atomic mass is 16.8. The van der Waals surface area contributed by atoms with Crippen LogP contribution in [0.25, 0.3) is 11.1 Å². The third-order valence-electron chi connectivity index (χ3n) is 7.23. The first-order valence-corrected chi connectivity index (χ1v) is 15.0. The summed E-state index contributed by atoms with van der Waals surface area (Å²) in [5.74, 6) is 11.9. The number of carbonyl (C=O) groups excluding carboxylic acids is 4. The number of rotatable bonds is 8. The molecule has 0 unspecified atom stereocenters. The Bertz CT molecular complexity index is 1940. The molecule has 0 spiro atoms. The summed E-state index contributed by atoms with van der Waals surface area (Å²) >= 11 is 0. The summed E-state index contributed by atoms with van der Waals surface area (Å²) in [6, 6.07) is 25.5. The fourth-order valence-corrected chi connectivity index (χ4v) is 4.80. The van der Waals surface area contributed by atoms with E-state index in [1.54, 1.807) is 48.5 Å². The van der Waals surface area contributed by atoms with Gasteiger partial charge in [-0.15, -0.1) is 0 Å². The molecule has 0 atom stereocenters. The third kappa shape index (κ3) is 9.06. The van der Waals surface area contributed by atoms with Gasteiger partial charge in [0.15, 0.2) is 0 Å². The van der Waals surface area contributed by atoms with Gasteiger partial charge in [0.05, 0.1) is 0 Å². The number of hydrogen-bond acceptors (Lipinski definition) is 10. The van der Waals surface area contributed by atoms with Crippen LogP contribution in [-0.4, -0.2) is 37.8 Å². The molecule has 4 aromatic carbocycles. The van der Waals surface area contributed by atoms with Gasteiger partial charge in [-0.25, -0.2) is 19.2 Å². The van der Waals surface area contributed by atoms with E-state index in [1.165, 1.54) is 11.1 Å². The minimum Gasteiger partial charge on any atom is -0.425 e. The van der Waals surface area contributed by atoms with Gasteiger partial charge in [-0.2, -0.15) is 0 Å². The Morgan fingerprint density at radius 2 is 0.920 bits per heavy atom. The lowest BCUT2D eigenvalue weighted by atomic mass is 9.97. The standard InChI is InChI=1S/C40H28O10/c1-4-37(41)45-24-47-39(43)49-31-16-10-27(11-17-31)6-8-29-14-20-33-34-21-15-30(23-36(34)26(3)35(33)22-29)9-7-28-12-18-32(19-13-28)50-40(44)48-25-46-38(42)5-2/h4-5,10-23,26H,1-2,24-25H2,3H3. The molecule has 1 aliphatic carbocycles. The summed E-state index contributed by atoms with van der Waals surface area (Å²) in [6.45, 7) is 7.49. The molecule has 5 rings (SSSR count). The van der Waals surface area contributed by atoms with Crippen LogP contribution in [-0.2, 0) is 28.5 Å². The highest BCUT2D eigenvalue weighted by Gasteiger charge is 2.25. The first-order valence-electron chi connectivity index (χ1n) is 15.0. The van der Waals surface area contributed by atoms with E-state index in [4.69, 9.17) is 9.47 Å². The number of fused-ring (bicyclic) bond motifs is 3. The third-order valence-corrected chi connectivity index (χ3v) is 7.23. The lowest BCUT2D eigenvalue weighted by Crippen LogP contribution is -2.14. The van der Waals surface area contributed by atoms with E-state index in [0.717, 1.165) is 45.5 Å². The van der Waals surface area contributed by atoms with Crippen LogP contribution in [0.5, 0.6) is 11.5 Å². The van der Waals surface area contributed by atoms with Crippen molar-refractivity contribution in [3.8, 4) is 46.3 Å². The van der Waals surface area contributed by atoms with Crippen LogP contribution >= 0.6 is 0 Å². The summed E-state index contributed by atoms with van der Waals surface area (Å²) < 4.78 is 28.6. The van der Waals surface area contributed by atoms with E-state index >= 15 is 0 Å². The van der Waals surface area contributed by atoms with Gasteiger partial charge in [-0.1, -0.05) is 55.9 Å². The molecule has 0 saturated carbocycles. The average Bonchev–Trinajstić information content (AvgIpc) is 3.40. The Morgan fingerprint density at radius 3 is 1.30 bits per heavy atom. The molecule has 0 aromatic heterocycles. The van der Waals surface area contributed by atoms with E-state index in [1.807, 2.05) is 12.1 Å². The average molecular weight is 669 g/mol. The van der Waals surface area contributed by atoms with Crippen molar-refractivity contribution in [3.05, 3.63) is 144 Å². The smallest absolute Gasteiger partial charge is 0.425 e. The van der Waals surface area contributed by atoms with Gasteiger partial charge >= 0.3 is 24.2 Å². The van der Waals surface area contributed by atoms with Crippen LogP contribution in [0.15, 0.2) is 110 Å². The van der Waals surface area contributed by atoms with Crippen LogP contribution in [0.3, 0.4) is 0 Å². The Kier molecular flexibility index (Phi) is 11.1.